The van der Waals surface area contributed by atoms with Crippen molar-refractivity contribution >= 4 is 19.7 Å². The second-order valence-electron chi connectivity index (χ2n) is 17.0. The van der Waals surface area contributed by atoms with Crippen LogP contribution in [0.4, 0.5) is 0 Å². The van der Waals surface area contributed by atoms with Crippen molar-refractivity contribution < 1.29 is 21.9 Å². The molecule has 1 N–H and O–H groups in total. The molecule has 264 valence electrons. The smallest absolute Gasteiger partial charge is 0.181 e. The lowest BCUT2D eigenvalue weighted by atomic mass is 9.47. The summed E-state index contributed by atoms with van der Waals surface area (Å²) in [5.41, 5.74) is 3.62. The van der Waals surface area contributed by atoms with E-state index in [0.717, 1.165) is 62.5 Å². The Morgan fingerprint density at radius 1 is 0.833 bits per heavy atom. The molecule has 4 aliphatic carbocycles. The first-order valence-electron chi connectivity index (χ1n) is 18.5. The number of fused-ring (bicyclic) bond motifs is 5. The molecule has 0 bridgehead atoms. The van der Waals surface area contributed by atoms with Gasteiger partial charge >= 0.3 is 0 Å². The summed E-state index contributed by atoms with van der Waals surface area (Å²) in [6.45, 7) is 13.2. The lowest BCUT2D eigenvalue weighted by molar-refractivity contribution is -0.0557. The molecular weight excluding hydrogens is 637 g/mol. The highest BCUT2D eigenvalue weighted by Gasteiger charge is 2.61. The van der Waals surface area contributed by atoms with Crippen LogP contribution < -0.4 is 0 Å². The van der Waals surface area contributed by atoms with E-state index in [2.05, 4.69) is 33.8 Å². The lowest BCUT2D eigenvalue weighted by Crippen LogP contribution is -2.51. The van der Waals surface area contributed by atoms with Gasteiger partial charge < -0.3 is 5.11 Å². The van der Waals surface area contributed by atoms with Crippen LogP contribution >= 0.6 is 0 Å². The number of aliphatic hydroxyl groups is 1. The van der Waals surface area contributed by atoms with Gasteiger partial charge in [-0.2, -0.15) is 0 Å². The molecular formula is C41H58O5S2. The second kappa shape index (κ2) is 13.3. The van der Waals surface area contributed by atoms with E-state index in [1.165, 1.54) is 5.57 Å². The maximum atomic E-state index is 13.6. The molecule has 6 rings (SSSR count). The normalized spacial score (nSPS) is 34.8. The molecule has 0 heterocycles. The van der Waals surface area contributed by atoms with E-state index in [0.29, 0.717) is 46.3 Å². The summed E-state index contributed by atoms with van der Waals surface area (Å²) in [4.78, 5) is 0.863. The number of rotatable bonds is 10. The van der Waals surface area contributed by atoms with Gasteiger partial charge in [-0.25, -0.2) is 16.8 Å². The fourth-order valence-electron chi connectivity index (χ4n) is 11.2. The van der Waals surface area contributed by atoms with Gasteiger partial charge in [0, 0.05) is 0 Å². The molecule has 1 unspecified atom stereocenters. The molecule has 0 spiro atoms. The Bertz CT molecular complexity index is 1710. The molecule has 3 saturated carbocycles. The Hall–Kier alpha value is -1.96. The van der Waals surface area contributed by atoms with Gasteiger partial charge in [-0.05, 0) is 136 Å². The van der Waals surface area contributed by atoms with Crippen molar-refractivity contribution in [1.29, 1.82) is 0 Å². The van der Waals surface area contributed by atoms with E-state index >= 15 is 0 Å². The zero-order valence-corrected chi connectivity index (χ0v) is 31.6. The molecule has 0 amide bonds. The van der Waals surface area contributed by atoms with Crippen molar-refractivity contribution in [2.24, 2.45) is 46.3 Å². The predicted molar refractivity (Wildman–Crippen MR) is 194 cm³/mol. The molecule has 3 fully saturated rings. The quantitative estimate of drug-likeness (QED) is 0.251. The van der Waals surface area contributed by atoms with Crippen LogP contribution in [-0.4, -0.2) is 39.0 Å². The van der Waals surface area contributed by atoms with E-state index in [1.807, 2.05) is 38.1 Å². The average molecular weight is 695 g/mol. The number of sulfone groups is 2. The van der Waals surface area contributed by atoms with Crippen LogP contribution in [0.5, 0.6) is 0 Å². The summed E-state index contributed by atoms with van der Waals surface area (Å²) in [6, 6.07) is 14.5. The minimum absolute atomic E-state index is 0.0350. The van der Waals surface area contributed by atoms with Gasteiger partial charge in [-0.1, -0.05) is 87.6 Å². The fraction of sp³-hybridized carbons (Fsp3) is 0.659. The zero-order valence-electron chi connectivity index (χ0n) is 30.0. The third-order valence-electron chi connectivity index (χ3n) is 13.8. The molecule has 2 aromatic rings. The van der Waals surface area contributed by atoms with Crippen molar-refractivity contribution in [3.8, 4) is 0 Å². The van der Waals surface area contributed by atoms with Crippen LogP contribution in [0, 0.1) is 60.2 Å². The molecule has 5 nitrogen and oxygen atoms in total. The molecule has 7 heteroatoms. The number of benzene rings is 2. The van der Waals surface area contributed by atoms with Crippen molar-refractivity contribution in [1.82, 2.24) is 0 Å². The van der Waals surface area contributed by atoms with Gasteiger partial charge in [0.2, 0.25) is 0 Å². The summed E-state index contributed by atoms with van der Waals surface area (Å²) < 4.78 is 53.3. The Balaban J connectivity index is 1.09. The third kappa shape index (κ3) is 6.50. The minimum atomic E-state index is -3.37. The van der Waals surface area contributed by atoms with E-state index in [1.54, 1.807) is 24.3 Å². The molecule has 4 aliphatic rings. The average Bonchev–Trinajstić information content (AvgIpc) is 3.30. The SMILES string of the molecule is Cc1ccc(S(=O)(=O)C[C@H](C)CCC[C@@H](C)[C@H]2[C@@H](O)C[C@H]3[C@@H]4CC=C5CC(S(=O)(=O)c6ccc(C)cc6)CC[C@]5(C)[C@H]4CC[C@]23C)cc1. The summed E-state index contributed by atoms with van der Waals surface area (Å²) >= 11 is 0. The molecule has 2 aromatic carbocycles. The molecule has 0 saturated heterocycles. The predicted octanol–water partition coefficient (Wildman–Crippen LogP) is 8.91. The van der Waals surface area contributed by atoms with Crippen LogP contribution in [0.3, 0.4) is 0 Å². The van der Waals surface area contributed by atoms with Crippen molar-refractivity contribution in [2.45, 2.75) is 127 Å². The van der Waals surface area contributed by atoms with Crippen LogP contribution in [0.15, 0.2) is 70.0 Å². The first-order chi connectivity index (χ1) is 22.6. The highest BCUT2D eigenvalue weighted by atomic mass is 32.2. The number of hydrogen-bond donors (Lipinski definition) is 1. The van der Waals surface area contributed by atoms with Gasteiger partial charge in [0.05, 0.1) is 26.9 Å². The summed E-state index contributed by atoms with van der Waals surface area (Å²) in [5, 5.41) is 11.3. The van der Waals surface area contributed by atoms with Gasteiger partial charge in [0.1, 0.15) is 0 Å². The Labute approximate surface area is 290 Å². The molecule has 0 aromatic heterocycles. The van der Waals surface area contributed by atoms with Gasteiger partial charge in [0.25, 0.3) is 0 Å². The number of allylic oxidation sites excluding steroid dienone is 2. The number of aliphatic hydroxyl groups excluding tert-OH is 1. The Kier molecular flexibility index (Phi) is 9.93. The molecule has 48 heavy (non-hydrogen) atoms. The van der Waals surface area contributed by atoms with Crippen LogP contribution in [0.1, 0.15) is 103 Å². The Morgan fingerprint density at radius 3 is 2.10 bits per heavy atom. The van der Waals surface area contributed by atoms with Crippen LogP contribution in [0.2, 0.25) is 0 Å². The van der Waals surface area contributed by atoms with Gasteiger partial charge in [0.15, 0.2) is 19.7 Å². The van der Waals surface area contributed by atoms with Crippen LogP contribution in [0.25, 0.3) is 0 Å². The topological polar surface area (TPSA) is 88.5 Å². The van der Waals surface area contributed by atoms with E-state index in [4.69, 9.17) is 0 Å². The first-order valence-corrected chi connectivity index (χ1v) is 21.7. The molecule has 10 atom stereocenters. The monoisotopic (exact) mass is 694 g/mol. The lowest BCUT2D eigenvalue weighted by Gasteiger charge is -2.58. The largest absolute Gasteiger partial charge is 0.393 e. The molecule has 0 aliphatic heterocycles. The first kappa shape index (κ1) is 35.9. The van der Waals surface area contributed by atoms with Crippen molar-refractivity contribution in [3.05, 3.63) is 71.3 Å². The van der Waals surface area contributed by atoms with E-state index in [-0.39, 0.29) is 39.8 Å². The number of hydrogen-bond acceptors (Lipinski definition) is 5. The van der Waals surface area contributed by atoms with Crippen molar-refractivity contribution in [2.75, 3.05) is 5.75 Å². The van der Waals surface area contributed by atoms with Gasteiger partial charge in [-0.15, -0.1) is 0 Å². The second-order valence-corrected chi connectivity index (χ2v) is 21.2. The Morgan fingerprint density at radius 2 is 1.46 bits per heavy atom. The fourth-order valence-corrected chi connectivity index (χ4v) is 14.5. The van der Waals surface area contributed by atoms with E-state index < -0.39 is 19.7 Å². The summed E-state index contributed by atoms with van der Waals surface area (Å²) in [7, 11) is -6.68. The summed E-state index contributed by atoms with van der Waals surface area (Å²) in [5.74, 6) is 2.43. The number of aryl methyl sites for hydroxylation is 2. The minimum Gasteiger partial charge on any atom is -0.393 e. The zero-order chi connectivity index (χ0) is 34.6. The third-order valence-corrected chi connectivity index (χ3v) is 18.0. The standard InChI is InChI=1S/C41H58O5S2/c1-27-10-15-32(16-11-27)47(43,44)26-29(3)8-7-9-30(4)39-38(42)25-37-35-19-14-31-24-34(48(45,46)33-17-12-28(2)13-18-33)20-22-40(31,5)36(35)21-23-41(37,39)6/h10-18,29-30,34-39,42H,7-9,19-26H2,1-6H3/t29-,30-,34?,35-,36+,37+,38+,39+,40+,41+/m1/s1. The maximum Gasteiger partial charge on any atom is 0.181 e. The van der Waals surface area contributed by atoms with Gasteiger partial charge in [-0.3, -0.25) is 0 Å². The van der Waals surface area contributed by atoms with Crippen molar-refractivity contribution in [3.63, 3.8) is 0 Å². The maximum absolute atomic E-state index is 13.6. The van der Waals surface area contributed by atoms with E-state index in [9.17, 15) is 21.9 Å². The highest BCUT2D eigenvalue weighted by Crippen LogP contribution is 2.67. The highest BCUT2D eigenvalue weighted by molar-refractivity contribution is 7.92. The molecule has 0 radical (unpaired) electrons. The summed E-state index contributed by atoms with van der Waals surface area (Å²) in [6.07, 6.45) is 11.3. The van der Waals surface area contributed by atoms with Crippen LogP contribution in [-0.2, 0) is 19.7 Å².